The van der Waals surface area contributed by atoms with Crippen molar-refractivity contribution in [1.29, 1.82) is 0 Å². The first-order valence-electron chi connectivity index (χ1n) is 24.9. The number of nitrogens with zero attached hydrogens (tertiary/aromatic N) is 2. The molecule has 3 aliphatic carbocycles. The first-order chi connectivity index (χ1) is 32.1. The molecule has 1 unspecified atom stereocenters. The number of allylic oxidation sites excluding steroid dienone is 1. The van der Waals surface area contributed by atoms with E-state index in [0.717, 1.165) is 121 Å². The minimum absolute atomic E-state index is 0.00259. The van der Waals surface area contributed by atoms with Crippen molar-refractivity contribution >= 4 is 28.6 Å². The van der Waals surface area contributed by atoms with Crippen LogP contribution in [0.4, 0.5) is 0 Å². The summed E-state index contributed by atoms with van der Waals surface area (Å²) in [6, 6.07) is 13.9. The van der Waals surface area contributed by atoms with Gasteiger partial charge in [0.05, 0.1) is 36.1 Å². The van der Waals surface area contributed by atoms with Gasteiger partial charge in [0, 0.05) is 44.5 Å². The molecule has 3 heterocycles. The number of fused-ring (bicyclic) bond motifs is 6. The molecule has 0 aromatic heterocycles. The van der Waals surface area contributed by atoms with E-state index in [1.807, 2.05) is 18.2 Å². The van der Waals surface area contributed by atoms with Crippen LogP contribution in [0.3, 0.4) is 0 Å². The van der Waals surface area contributed by atoms with Crippen molar-refractivity contribution < 1.29 is 35.0 Å². The van der Waals surface area contributed by atoms with Crippen LogP contribution in [0.15, 0.2) is 81.9 Å². The number of unbranched alkanes of at least 4 members (excludes halogenated alkanes) is 3. The fourth-order valence-electron chi connectivity index (χ4n) is 11.7. The lowest BCUT2D eigenvalue weighted by atomic mass is 9.77. The predicted octanol–water partition coefficient (Wildman–Crippen LogP) is 6.14. The topological polar surface area (TPSA) is 186 Å². The van der Waals surface area contributed by atoms with Gasteiger partial charge in [-0.25, -0.2) is 0 Å². The number of ether oxygens (including phenoxy) is 2. The molecule has 0 spiro atoms. The largest absolute Gasteiger partial charge is 0.504 e. The molecule has 9 rings (SSSR count). The summed E-state index contributed by atoms with van der Waals surface area (Å²) >= 11 is 0. The number of nitrogens with two attached hydrogens (primary N) is 1. The van der Waals surface area contributed by atoms with E-state index < -0.39 is 18.3 Å². The fourth-order valence-corrected chi connectivity index (χ4v) is 11.7. The van der Waals surface area contributed by atoms with E-state index in [2.05, 4.69) is 58.9 Å². The molecule has 0 amide bonds. The van der Waals surface area contributed by atoms with E-state index in [-0.39, 0.29) is 37.0 Å². The zero-order valence-electron chi connectivity index (χ0n) is 38.6. The first-order valence-corrected chi connectivity index (χ1v) is 24.9. The van der Waals surface area contributed by atoms with Crippen molar-refractivity contribution in [2.45, 2.75) is 127 Å². The van der Waals surface area contributed by atoms with Crippen LogP contribution in [0.2, 0.25) is 0 Å². The number of aliphatic hydroxyl groups is 6. The summed E-state index contributed by atoms with van der Waals surface area (Å²) in [6.45, 7) is 3.84. The van der Waals surface area contributed by atoms with E-state index in [1.54, 1.807) is 13.0 Å². The van der Waals surface area contributed by atoms with Gasteiger partial charge in [0.25, 0.3) is 0 Å². The van der Waals surface area contributed by atoms with Gasteiger partial charge in [-0.1, -0.05) is 68.5 Å². The van der Waals surface area contributed by atoms with Crippen LogP contribution in [0.5, 0.6) is 11.5 Å². The number of aliphatic imine (C=N–C) groups is 1. The molecule has 3 aromatic rings. The Morgan fingerprint density at radius 3 is 2.80 bits per heavy atom. The third-order valence-electron chi connectivity index (χ3n) is 15.2. The second kappa shape index (κ2) is 21.2. The van der Waals surface area contributed by atoms with Crippen LogP contribution >= 0.6 is 0 Å². The lowest BCUT2D eigenvalue weighted by molar-refractivity contribution is -0.0552. The normalized spacial score (nSPS) is 25.5. The Hall–Kier alpha value is -4.46. The van der Waals surface area contributed by atoms with Crippen LogP contribution in [0.1, 0.15) is 113 Å². The average Bonchev–Trinajstić information content (AvgIpc) is 4.14. The average molecular weight is 900 g/mol. The van der Waals surface area contributed by atoms with Gasteiger partial charge in [-0.15, -0.1) is 16.6 Å². The number of aromatic hydroxyl groups is 1. The summed E-state index contributed by atoms with van der Waals surface area (Å²) < 4.78 is 11.0. The number of phenols is 1. The maximum Gasteiger partial charge on any atom is 0.208 e. The summed E-state index contributed by atoms with van der Waals surface area (Å²) in [7, 11) is 0. The van der Waals surface area contributed by atoms with Crippen molar-refractivity contribution in [3.05, 3.63) is 111 Å². The van der Waals surface area contributed by atoms with Crippen molar-refractivity contribution in [1.82, 2.24) is 5.32 Å². The van der Waals surface area contributed by atoms with Gasteiger partial charge < -0.3 is 46.1 Å². The molecular weight excluding hydrogens is 829 g/mol. The smallest absolute Gasteiger partial charge is 0.208 e. The summed E-state index contributed by atoms with van der Waals surface area (Å²) in [6.07, 6.45) is 23.6. The quantitative estimate of drug-likeness (QED) is 0.0378. The van der Waals surface area contributed by atoms with Crippen LogP contribution < -0.4 is 26.4 Å². The second-order valence-electron chi connectivity index (χ2n) is 19.9. The molecule has 6 aliphatic rings. The van der Waals surface area contributed by atoms with Gasteiger partial charge in [-0.2, -0.15) is 0 Å². The molecule has 3 aliphatic heterocycles. The van der Waals surface area contributed by atoms with Crippen LogP contribution in [-0.4, -0.2) is 93.2 Å². The standard InChI is InChI=1S/C55H70N4O7/c1-33(61)29-57-30-47-42-9-6-7-35(42)15-19-48-46(47)28-50(59-48)52(63)32-65-54-23-34(12-20-51(54)62)11-16-41-25-39(31-60)53(66-41)10-5-3-2-4-8-40(56)24-38-14-17-43-44(55(38)64)18-13-36-27-49-37(21-22-58-49)26-45(36)43/h12-14,17-18,20-21,23,25-28,33,35,38,40,42,47,52-53,55,57,60-61,63-64,66H,2-11,15-16,19,22,24,29-32,56H2,1H3/p+1/t33-,35+,38+,40-,42-,47-,52-,53?,55+/m0/s1. The zero-order chi connectivity index (χ0) is 45.7. The van der Waals surface area contributed by atoms with Crippen molar-refractivity contribution in [2.24, 2.45) is 39.4 Å². The van der Waals surface area contributed by atoms with Crippen LogP contribution in [0.25, 0.3) is 22.9 Å². The monoisotopic (exact) mass is 900 g/mol. The Labute approximate surface area is 389 Å². The van der Waals surface area contributed by atoms with Gasteiger partial charge in [-0.3, -0.25) is 4.99 Å². The Balaban J connectivity index is 0.689. The van der Waals surface area contributed by atoms with Crippen molar-refractivity contribution in [3.63, 3.8) is 0 Å². The second-order valence-corrected chi connectivity index (χ2v) is 19.9. The Morgan fingerprint density at radius 1 is 1.06 bits per heavy atom. The number of nitrogens with one attached hydrogen (secondary N) is 1. The van der Waals surface area contributed by atoms with Crippen molar-refractivity contribution in [3.8, 4) is 11.5 Å². The van der Waals surface area contributed by atoms with E-state index >= 15 is 0 Å². The molecule has 11 heteroatoms. The highest BCUT2D eigenvalue weighted by molar-refractivity contribution is 6.03. The van der Waals surface area contributed by atoms with Gasteiger partial charge >= 0.3 is 0 Å². The molecule has 11 nitrogen and oxygen atoms in total. The summed E-state index contributed by atoms with van der Waals surface area (Å²) in [5, 5.41) is 61.4. The van der Waals surface area contributed by atoms with Crippen molar-refractivity contribution in [2.75, 3.05) is 32.8 Å². The number of aliphatic hydroxyl groups excluding tert-OH is 4. The fraction of sp³-hybridized carbons (Fsp3) is 0.527. The third kappa shape index (κ3) is 10.6. The number of benzene rings is 3. The number of phenolic OH excluding ortho intramolecular Hbond substituents is 1. The maximum absolute atomic E-state index is 11.4. The predicted molar refractivity (Wildman–Crippen MR) is 261 cm³/mol. The molecule has 2 fully saturated rings. The Morgan fingerprint density at radius 2 is 1.94 bits per heavy atom. The van der Waals surface area contributed by atoms with E-state index in [0.29, 0.717) is 48.6 Å². The maximum atomic E-state index is 11.4. The molecule has 66 heavy (non-hydrogen) atoms. The molecular formula is C55H71N4O7+. The number of hydrogen-bond acceptors (Lipinski definition) is 10. The number of rotatable bonds is 21. The van der Waals surface area contributed by atoms with E-state index in [9.17, 15) is 25.5 Å². The highest BCUT2D eigenvalue weighted by atomic mass is 16.5. The SMILES string of the molecule is C[C@H](O)CNC[C@@H]1[C+]2C=C([C@@H](O)COc3cc(CC[C-]4C=C(CO)C(CCCCCC[C@H](N)C[C@H]5C=Cc6c(ccc7cc8c(cc67)=CCN=8)[C@@H]5O)[OH+]4)ccc3O)N=C2CC[C@H]2CCC[C@@H]21. The van der Waals surface area contributed by atoms with E-state index in [1.165, 1.54) is 30.4 Å². The Kier molecular flexibility index (Phi) is 15.0. The summed E-state index contributed by atoms with van der Waals surface area (Å²) in [4.78, 5) is 9.50. The molecule has 0 radical (unpaired) electrons. The summed E-state index contributed by atoms with van der Waals surface area (Å²) in [5.41, 5.74) is 12.4. The lowest BCUT2D eigenvalue weighted by Gasteiger charge is -2.28. The molecule has 2 saturated carbocycles. The first kappa shape index (κ1) is 46.6. The molecule has 9 atom stereocenters. The zero-order valence-corrected chi connectivity index (χ0v) is 38.6. The van der Waals surface area contributed by atoms with Gasteiger partial charge in [0.1, 0.15) is 30.4 Å². The number of hydrogen-bond donors (Lipinski definition) is 7. The molecule has 0 bridgehead atoms. The molecule has 3 aromatic carbocycles. The number of aryl methyl sites for hydroxylation is 1. The minimum Gasteiger partial charge on any atom is -0.504 e. The van der Waals surface area contributed by atoms with Crippen LogP contribution in [-0.2, 0) is 6.42 Å². The molecule has 0 saturated heterocycles. The highest BCUT2D eigenvalue weighted by Gasteiger charge is 2.49. The highest BCUT2D eigenvalue weighted by Crippen LogP contribution is 2.48. The van der Waals surface area contributed by atoms with E-state index in [4.69, 9.17) is 20.2 Å². The van der Waals surface area contributed by atoms with Gasteiger partial charge in [-0.05, 0) is 121 Å². The molecule has 352 valence electrons. The summed E-state index contributed by atoms with van der Waals surface area (Å²) in [5.74, 6) is 3.16. The van der Waals surface area contributed by atoms with Gasteiger partial charge in [0.2, 0.25) is 5.70 Å². The van der Waals surface area contributed by atoms with Crippen LogP contribution in [0, 0.1) is 35.7 Å². The molecule has 9 N–H and O–H groups in total. The lowest BCUT2D eigenvalue weighted by Crippen LogP contribution is -2.36. The third-order valence-corrected chi connectivity index (χ3v) is 15.2. The Bertz CT molecular complexity index is 2440. The minimum atomic E-state index is -0.938. The van der Waals surface area contributed by atoms with Gasteiger partial charge in [0.15, 0.2) is 17.6 Å².